The van der Waals surface area contributed by atoms with E-state index in [-0.39, 0.29) is 11.8 Å². The Labute approximate surface area is 82.6 Å². The molecule has 0 aromatic carbocycles. The summed E-state index contributed by atoms with van der Waals surface area (Å²) in [6.45, 7) is 2.60. The summed E-state index contributed by atoms with van der Waals surface area (Å²) in [5.74, 6) is -0.110. The number of nitrogens with zero attached hydrogens (tertiary/aromatic N) is 2. The van der Waals surface area contributed by atoms with Crippen LogP contribution in [0.15, 0.2) is 0 Å². The molecule has 0 unspecified atom stereocenters. The van der Waals surface area contributed by atoms with Crippen molar-refractivity contribution in [2.24, 2.45) is 0 Å². The lowest BCUT2D eigenvalue weighted by atomic mass is 10.4. The van der Waals surface area contributed by atoms with Gasteiger partial charge in [0, 0.05) is 26.0 Å². The van der Waals surface area contributed by atoms with Crippen molar-refractivity contribution in [3.8, 4) is 0 Å². The third-order valence-corrected chi connectivity index (χ3v) is 2.53. The fourth-order valence-corrected chi connectivity index (χ4v) is 1.74. The summed E-state index contributed by atoms with van der Waals surface area (Å²) in [5.41, 5.74) is 0. The molecular weight excluding hydrogens is 184 g/mol. The summed E-state index contributed by atoms with van der Waals surface area (Å²) in [6.07, 6.45) is 1.71. The minimum Gasteiger partial charge on any atom is -0.366 e. The maximum absolute atomic E-state index is 11.3. The molecule has 78 valence electrons. The molecule has 14 heavy (non-hydrogen) atoms. The fourth-order valence-electron chi connectivity index (χ4n) is 1.74. The Bertz CT molecular complexity index is 232. The molecule has 0 bridgehead atoms. The van der Waals surface area contributed by atoms with Gasteiger partial charge in [-0.05, 0) is 6.42 Å². The van der Waals surface area contributed by atoms with Gasteiger partial charge < -0.3 is 4.74 Å². The molecule has 2 saturated heterocycles. The molecule has 2 aliphatic heterocycles. The van der Waals surface area contributed by atoms with E-state index in [1.54, 1.807) is 0 Å². The van der Waals surface area contributed by atoms with E-state index in [2.05, 4.69) is 0 Å². The highest BCUT2D eigenvalue weighted by Gasteiger charge is 2.30. The summed E-state index contributed by atoms with van der Waals surface area (Å²) >= 11 is 0. The number of imide groups is 1. The largest absolute Gasteiger partial charge is 0.366 e. The smallest absolute Gasteiger partial charge is 0.230 e. The topological polar surface area (TPSA) is 49.9 Å². The van der Waals surface area contributed by atoms with Crippen LogP contribution in [0.2, 0.25) is 0 Å². The van der Waals surface area contributed by atoms with Gasteiger partial charge in [0.25, 0.3) is 0 Å². The lowest BCUT2D eigenvalue weighted by Gasteiger charge is -2.29. The zero-order chi connectivity index (χ0) is 9.97. The predicted octanol–water partition coefficient (Wildman–Crippen LogP) is -0.227. The molecule has 0 radical (unpaired) electrons. The average molecular weight is 198 g/mol. The molecular formula is C9H14N2O3. The van der Waals surface area contributed by atoms with E-state index in [1.165, 1.54) is 4.90 Å². The van der Waals surface area contributed by atoms with E-state index in [1.807, 2.05) is 4.90 Å². The van der Waals surface area contributed by atoms with Gasteiger partial charge in [0.05, 0.1) is 6.67 Å². The van der Waals surface area contributed by atoms with Crippen LogP contribution in [0.1, 0.15) is 19.3 Å². The third-order valence-electron chi connectivity index (χ3n) is 2.53. The number of likely N-dealkylation sites (tertiary alicyclic amines) is 1. The normalized spacial score (nSPS) is 24.7. The minimum absolute atomic E-state index is 0.0550. The molecule has 0 N–H and O–H groups in total. The van der Waals surface area contributed by atoms with Crippen LogP contribution >= 0.6 is 0 Å². The van der Waals surface area contributed by atoms with Crippen LogP contribution in [0.4, 0.5) is 0 Å². The van der Waals surface area contributed by atoms with Crippen molar-refractivity contribution in [2.45, 2.75) is 19.3 Å². The van der Waals surface area contributed by atoms with Gasteiger partial charge >= 0.3 is 0 Å². The number of carbonyl (C=O) groups is 2. The first-order valence-electron chi connectivity index (χ1n) is 4.90. The van der Waals surface area contributed by atoms with Crippen LogP contribution in [0, 0.1) is 0 Å². The molecule has 5 heteroatoms. The van der Waals surface area contributed by atoms with Crippen molar-refractivity contribution in [3.63, 3.8) is 0 Å². The monoisotopic (exact) mass is 198 g/mol. The van der Waals surface area contributed by atoms with Gasteiger partial charge in [0.1, 0.15) is 6.73 Å². The van der Waals surface area contributed by atoms with Crippen molar-refractivity contribution in [1.29, 1.82) is 0 Å². The summed E-state index contributed by atoms with van der Waals surface area (Å²) in [4.78, 5) is 25.9. The van der Waals surface area contributed by atoms with E-state index in [4.69, 9.17) is 4.74 Å². The van der Waals surface area contributed by atoms with Crippen LogP contribution in [0.3, 0.4) is 0 Å². The zero-order valence-electron chi connectivity index (χ0n) is 8.07. The van der Waals surface area contributed by atoms with Gasteiger partial charge in [-0.2, -0.15) is 0 Å². The van der Waals surface area contributed by atoms with Crippen LogP contribution in [0.25, 0.3) is 0 Å². The van der Waals surface area contributed by atoms with Crippen molar-refractivity contribution >= 4 is 11.8 Å². The molecule has 0 aromatic heterocycles. The number of amides is 2. The van der Waals surface area contributed by atoms with E-state index < -0.39 is 0 Å². The highest BCUT2D eigenvalue weighted by atomic mass is 16.5. The van der Waals surface area contributed by atoms with Crippen LogP contribution < -0.4 is 0 Å². The molecule has 2 aliphatic rings. The number of hydrogen-bond acceptors (Lipinski definition) is 4. The second-order valence-electron chi connectivity index (χ2n) is 3.64. The minimum atomic E-state index is -0.0550. The number of carbonyl (C=O) groups excluding carboxylic acids is 2. The maximum atomic E-state index is 11.3. The van der Waals surface area contributed by atoms with Gasteiger partial charge in [-0.3, -0.25) is 19.4 Å². The summed E-state index contributed by atoms with van der Waals surface area (Å²) in [7, 11) is 0. The quantitative estimate of drug-likeness (QED) is 0.575. The first-order chi connectivity index (χ1) is 6.77. The van der Waals surface area contributed by atoms with E-state index in [9.17, 15) is 9.59 Å². The molecule has 2 rings (SSSR count). The molecule has 2 amide bonds. The first-order valence-corrected chi connectivity index (χ1v) is 4.90. The molecule has 0 atom stereocenters. The fraction of sp³-hybridized carbons (Fsp3) is 0.778. The lowest BCUT2D eigenvalue weighted by molar-refractivity contribution is -0.143. The predicted molar refractivity (Wildman–Crippen MR) is 48.1 cm³/mol. The Morgan fingerprint density at radius 3 is 2.50 bits per heavy atom. The Balaban J connectivity index is 1.89. The molecule has 0 aromatic rings. The molecule has 0 spiro atoms. The Morgan fingerprint density at radius 1 is 1.21 bits per heavy atom. The highest BCUT2D eigenvalue weighted by molar-refractivity contribution is 6.01. The molecule has 0 aliphatic carbocycles. The van der Waals surface area contributed by atoms with Crippen LogP contribution in [-0.4, -0.2) is 48.2 Å². The van der Waals surface area contributed by atoms with Gasteiger partial charge in [0.2, 0.25) is 11.8 Å². The van der Waals surface area contributed by atoms with E-state index in [0.717, 1.165) is 19.6 Å². The zero-order valence-corrected chi connectivity index (χ0v) is 8.07. The van der Waals surface area contributed by atoms with Crippen molar-refractivity contribution in [1.82, 2.24) is 9.80 Å². The van der Waals surface area contributed by atoms with Crippen molar-refractivity contribution < 1.29 is 14.3 Å². The second kappa shape index (κ2) is 4.06. The van der Waals surface area contributed by atoms with Crippen LogP contribution in [-0.2, 0) is 14.3 Å². The van der Waals surface area contributed by atoms with E-state index >= 15 is 0 Å². The Kier molecular flexibility index (Phi) is 2.79. The number of hydrogen-bond donors (Lipinski definition) is 0. The summed E-state index contributed by atoms with van der Waals surface area (Å²) in [6, 6.07) is 0. The standard InChI is InChI=1S/C9H14N2O3/c12-8-2-3-9(13)11(8)6-10-4-1-5-14-7-10/h1-7H2. The summed E-state index contributed by atoms with van der Waals surface area (Å²) in [5, 5.41) is 0. The van der Waals surface area contributed by atoms with E-state index in [0.29, 0.717) is 26.2 Å². The van der Waals surface area contributed by atoms with Gasteiger partial charge in [-0.1, -0.05) is 0 Å². The molecule has 2 fully saturated rings. The lowest BCUT2D eigenvalue weighted by Crippen LogP contribution is -2.44. The first kappa shape index (κ1) is 9.61. The van der Waals surface area contributed by atoms with Crippen molar-refractivity contribution in [2.75, 3.05) is 26.6 Å². The van der Waals surface area contributed by atoms with Crippen molar-refractivity contribution in [3.05, 3.63) is 0 Å². The maximum Gasteiger partial charge on any atom is 0.230 e. The van der Waals surface area contributed by atoms with Crippen LogP contribution in [0.5, 0.6) is 0 Å². The highest BCUT2D eigenvalue weighted by Crippen LogP contribution is 2.13. The van der Waals surface area contributed by atoms with Gasteiger partial charge in [0.15, 0.2) is 0 Å². The molecule has 2 heterocycles. The Morgan fingerprint density at radius 2 is 1.93 bits per heavy atom. The number of ether oxygens (including phenoxy) is 1. The number of rotatable bonds is 2. The second-order valence-corrected chi connectivity index (χ2v) is 3.64. The average Bonchev–Trinajstić information content (AvgIpc) is 2.51. The Hall–Kier alpha value is -0.940. The SMILES string of the molecule is O=C1CCC(=O)N1CN1CCCOC1. The third kappa shape index (κ3) is 1.93. The van der Waals surface area contributed by atoms with Gasteiger partial charge in [-0.25, -0.2) is 0 Å². The van der Waals surface area contributed by atoms with Gasteiger partial charge in [-0.15, -0.1) is 0 Å². The molecule has 5 nitrogen and oxygen atoms in total. The molecule has 0 saturated carbocycles. The summed E-state index contributed by atoms with van der Waals surface area (Å²) < 4.78 is 5.24.